The van der Waals surface area contributed by atoms with Crippen molar-refractivity contribution in [2.24, 2.45) is 0 Å². The molecule has 0 aliphatic rings. The Labute approximate surface area is 133 Å². The van der Waals surface area contributed by atoms with E-state index in [9.17, 15) is 4.79 Å². The number of rotatable bonds is 5. The summed E-state index contributed by atoms with van der Waals surface area (Å²) in [5, 5.41) is 13.5. The van der Waals surface area contributed by atoms with Gasteiger partial charge in [0.15, 0.2) is 5.82 Å². The average molecular weight is 308 g/mol. The van der Waals surface area contributed by atoms with Crippen LogP contribution in [0.25, 0.3) is 0 Å². The fraction of sp³-hybridized carbons (Fsp3) is 0.562. The quantitative estimate of drug-likeness (QED) is 0.872. The lowest BCUT2D eigenvalue weighted by molar-refractivity contribution is -0.115. The summed E-state index contributed by atoms with van der Waals surface area (Å²) in [7, 11) is 0. The highest BCUT2D eigenvalue weighted by Gasteiger charge is 2.12. The predicted molar refractivity (Wildman–Crippen MR) is 88.9 cm³/mol. The molecule has 2 aromatic rings. The van der Waals surface area contributed by atoms with Crippen molar-refractivity contribution in [2.75, 3.05) is 5.32 Å². The van der Waals surface area contributed by atoms with Gasteiger partial charge < -0.3 is 9.84 Å². The van der Waals surface area contributed by atoms with Crippen molar-refractivity contribution in [3.63, 3.8) is 0 Å². The van der Waals surface area contributed by atoms with E-state index >= 15 is 0 Å². The summed E-state index contributed by atoms with van der Waals surface area (Å²) in [6.45, 7) is 10.3. The number of hydrogen-bond donors (Lipinski definition) is 2. The molecule has 0 aliphatic carbocycles. The Morgan fingerprint density at radius 3 is 2.64 bits per heavy atom. The second-order valence-electron chi connectivity index (χ2n) is 5.38. The molecule has 0 bridgehead atoms. The van der Waals surface area contributed by atoms with Gasteiger partial charge in [0.2, 0.25) is 5.91 Å². The van der Waals surface area contributed by atoms with Gasteiger partial charge in [-0.2, -0.15) is 5.10 Å². The van der Waals surface area contributed by atoms with Crippen LogP contribution in [-0.4, -0.2) is 21.3 Å². The first-order chi connectivity index (χ1) is 10.5. The lowest BCUT2D eigenvalue weighted by Crippen LogP contribution is -2.14. The van der Waals surface area contributed by atoms with E-state index in [0.717, 1.165) is 17.8 Å². The first-order valence-corrected chi connectivity index (χ1v) is 7.77. The summed E-state index contributed by atoms with van der Waals surface area (Å²) < 4.78 is 4.99. The molecule has 2 aromatic heterocycles. The van der Waals surface area contributed by atoms with Crippen molar-refractivity contribution >= 4 is 11.7 Å². The zero-order chi connectivity index (χ0) is 16.5. The Hall–Kier alpha value is -2.11. The highest BCUT2D eigenvalue weighted by molar-refractivity contribution is 5.91. The molecule has 0 spiro atoms. The molecule has 1 atom stereocenters. The number of nitrogens with zero attached hydrogens (tertiary/aromatic N) is 2. The number of anilines is 1. The molecule has 0 aromatic carbocycles. The first-order valence-electron chi connectivity index (χ1n) is 7.77. The number of hydrogen-bond acceptors (Lipinski definition) is 4. The maximum Gasteiger partial charge on any atom is 0.233 e. The van der Waals surface area contributed by atoms with E-state index in [4.69, 9.17) is 4.52 Å². The van der Waals surface area contributed by atoms with Crippen LogP contribution in [-0.2, 0) is 11.2 Å². The molecule has 22 heavy (non-hydrogen) atoms. The topological polar surface area (TPSA) is 83.8 Å². The van der Waals surface area contributed by atoms with E-state index in [0.29, 0.717) is 17.5 Å². The molecule has 0 radical (unpaired) electrons. The van der Waals surface area contributed by atoms with Crippen molar-refractivity contribution < 1.29 is 10.7 Å². The van der Waals surface area contributed by atoms with Crippen LogP contribution in [0, 0.1) is 6.92 Å². The van der Waals surface area contributed by atoms with E-state index in [1.54, 1.807) is 6.07 Å². The van der Waals surface area contributed by atoms with Crippen molar-refractivity contribution in [1.29, 1.82) is 0 Å². The van der Waals surface area contributed by atoms with Crippen LogP contribution in [0.15, 0.2) is 16.7 Å². The van der Waals surface area contributed by atoms with Crippen molar-refractivity contribution in [3.05, 3.63) is 29.3 Å². The smallest absolute Gasteiger partial charge is 0.233 e. The second-order valence-corrected chi connectivity index (χ2v) is 5.38. The third-order valence-corrected chi connectivity index (χ3v) is 3.02. The number of aromatic nitrogens is 3. The maximum absolute atomic E-state index is 11.8. The fourth-order valence-electron chi connectivity index (χ4n) is 1.72. The van der Waals surface area contributed by atoms with Gasteiger partial charge in [-0.1, -0.05) is 39.3 Å². The number of carbonyl (C=O) groups excluding carboxylic acids is 1. The first kappa shape index (κ1) is 17.9. The van der Waals surface area contributed by atoms with E-state index in [1.807, 2.05) is 13.0 Å². The third-order valence-electron chi connectivity index (χ3n) is 3.02. The summed E-state index contributed by atoms with van der Waals surface area (Å²) in [6, 6.07) is 3.60. The van der Waals surface area contributed by atoms with Gasteiger partial charge in [0, 0.05) is 19.3 Å². The number of amides is 1. The highest BCUT2D eigenvalue weighted by Crippen LogP contribution is 2.18. The van der Waals surface area contributed by atoms with Crippen molar-refractivity contribution in [1.82, 2.24) is 15.4 Å². The highest BCUT2D eigenvalue weighted by atomic mass is 16.5. The summed E-state index contributed by atoms with van der Waals surface area (Å²) in [5.74, 6) is 1.32. The molecular formula is C16H28N4O2. The largest absolute Gasteiger partial charge is 0.361 e. The molecule has 0 aliphatic heterocycles. The minimum absolute atomic E-state index is 0. The Balaban J connectivity index is 0.00000112. The van der Waals surface area contributed by atoms with E-state index in [1.165, 1.54) is 6.42 Å². The van der Waals surface area contributed by atoms with Crippen molar-refractivity contribution in [3.8, 4) is 0 Å². The van der Waals surface area contributed by atoms with Crippen LogP contribution in [0.4, 0.5) is 5.82 Å². The molecule has 1 unspecified atom stereocenters. The molecule has 2 N–H and O–H groups in total. The summed E-state index contributed by atoms with van der Waals surface area (Å²) in [6.07, 6.45) is 2.43. The van der Waals surface area contributed by atoms with Gasteiger partial charge in [-0.25, -0.2) is 0 Å². The summed E-state index contributed by atoms with van der Waals surface area (Å²) in [4.78, 5) is 11.8. The number of nitrogens with one attached hydrogen (secondary N) is 2. The van der Waals surface area contributed by atoms with E-state index < -0.39 is 0 Å². The fourth-order valence-corrected chi connectivity index (χ4v) is 1.72. The van der Waals surface area contributed by atoms with Gasteiger partial charge in [0.25, 0.3) is 0 Å². The molecule has 1 amide bonds. The van der Waals surface area contributed by atoms with Crippen LogP contribution in [0.2, 0.25) is 0 Å². The second kappa shape index (κ2) is 9.02. The minimum Gasteiger partial charge on any atom is -0.361 e. The number of aryl methyl sites for hydroxylation is 1. The lowest BCUT2D eigenvalue weighted by atomic mass is 10.1. The summed E-state index contributed by atoms with van der Waals surface area (Å²) in [5.41, 5.74) is 1.79. The van der Waals surface area contributed by atoms with Gasteiger partial charge in [0.05, 0.1) is 12.1 Å². The van der Waals surface area contributed by atoms with Gasteiger partial charge in [0.1, 0.15) is 5.76 Å². The van der Waals surface area contributed by atoms with E-state index in [-0.39, 0.29) is 13.8 Å². The molecule has 0 saturated heterocycles. The average Bonchev–Trinajstić information content (AvgIpc) is 3.08. The van der Waals surface area contributed by atoms with Crippen LogP contribution < -0.4 is 5.32 Å². The van der Waals surface area contributed by atoms with Crippen LogP contribution >= 0.6 is 0 Å². The Morgan fingerprint density at radius 1 is 1.41 bits per heavy atom. The zero-order valence-corrected chi connectivity index (χ0v) is 14.1. The number of carbonyl (C=O) groups is 1. The summed E-state index contributed by atoms with van der Waals surface area (Å²) >= 11 is 0. The lowest BCUT2D eigenvalue weighted by Gasteiger charge is -2.02. The van der Waals surface area contributed by atoms with E-state index in [2.05, 4.69) is 48.4 Å². The molecule has 2 heterocycles. The standard InChI is InChI=1S/C13H18N4O2.C3H8.H2/c1-4-8(2)11-7-12(16-15-11)14-13(18)6-10-5-9(3)17-19-10;1-3-2;/h5,7-8H,4,6H2,1-3H3,(H2,14,15,16,18);3H2,1-2H3;1H. The Morgan fingerprint density at radius 2 is 2.09 bits per heavy atom. The Kier molecular flexibility index (Phi) is 7.36. The van der Waals surface area contributed by atoms with Gasteiger partial charge in [-0.15, -0.1) is 0 Å². The number of aromatic amines is 1. The minimum atomic E-state index is -0.168. The monoisotopic (exact) mass is 308 g/mol. The number of H-pyrrole nitrogens is 1. The molecule has 6 nitrogen and oxygen atoms in total. The molecule has 0 fully saturated rings. The third kappa shape index (κ3) is 5.71. The zero-order valence-electron chi connectivity index (χ0n) is 14.1. The molecule has 2 rings (SSSR count). The van der Waals surface area contributed by atoms with Crippen LogP contribution in [0.1, 0.15) is 65.0 Å². The molecule has 0 saturated carbocycles. The molecule has 6 heteroatoms. The van der Waals surface area contributed by atoms with Crippen LogP contribution in [0.3, 0.4) is 0 Å². The SMILES string of the molecule is CCC.CCC(C)c1cc(NC(=O)Cc2cc(C)no2)n[nH]1.[HH]. The van der Waals surface area contributed by atoms with Gasteiger partial charge >= 0.3 is 0 Å². The normalized spacial score (nSPS) is 11.5. The van der Waals surface area contributed by atoms with Crippen molar-refractivity contribution in [2.45, 2.75) is 59.8 Å². The Bertz CT molecular complexity index is 580. The van der Waals surface area contributed by atoms with Gasteiger partial charge in [-0.05, 0) is 19.3 Å². The molecular weight excluding hydrogens is 280 g/mol. The molecule has 124 valence electrons. The van der Waals surface area contributed by atoms with Gasteiger partial charge in [-0.3, -0.25) is 9.89 Å². The maximum atomic E-state index is 11.8. The van der Waals surface area contributed by atoms with Crippen LogP contribution in [0.5, 0.6) is 0 Å². The predicted octanol–water partition coefficient (Wildman–Crippen LogP) is 4.06.